The molecular weight excluding hydrogens is 162 g/mol. The standard InChI is InChI=1S/C8H7ClNO/c9-8-3-1-2-6(4-10)7(8)5-11/h2-3,5H,4,10H2. The first-order valence-electron chi connectivity index (χ1n) is 3.13. The molecule has 0 saturated carbocycles. The third-order valence-corrected chi connectivity index (χ3v) is 1.72. The highest BCUT2D eigenvalue weighted by Crippen LogP contribution is 2.16. The van der Waals surface area contributed by atoms with E-state index in [4.69, 9.17) is 17.3 Å². The second kappa shape index (κ2) is 3.51. The molecule has 0 saturated heterocycles. The first kappa shape index (κ1) is 8.24. The number of rotatable bonds is 2. The molecule has 1 aromatic rings. The molecule has 0 spiro atoms. The maximum Gasteiger partial charge on any atom is 0.151 e. The number of benzene rings is 1. The van der Waals surface area contributed by atoms with Crippen molar-refractivity contribution in [1.82, 2.24) is 0 Å². The molecule has 0 aliphatic carbocycles. The predicted molar refractivity (Wildman–Crippen MR) is 43.6 cm³/mol. The van der Waals surface area contributed by atoms with Crippen LogP contribution in [0, 0.1) is 6.07 Å². The van der Waals surface area contributed by atoms with E-state index < -0.39 is 0 Å². The Hall–Kier alpha value is -0.860. The van der Waals surface area contributed by atoms with E-state index in [1.807, 2.05) is 0 Å². The molecule has 1 aromatic carbocycles. The summed E-state index contributed by atoms with van der Waals surface area (Å²) in [7, 11) is 0. The van der Waals surface area contributed by atoms with Crippen molar-refractivity contribution in [2.75, 3.05) is 0 Å². The molecule has 0 atom stereocenters. The van der Waals surface area contributed by atoms with E-state index in [1.54, 1.807) is 12.1 Å². The maximum absolute atomic E-state index is 10.5. The average molecular weight is 169 g/mol. The van der Waals surface area contributed by atoms with Gasteiger partial charge >= 0.3 is 0 Å². The molecule has 0 aliphatic heterocycles. The van der Waals surface area contributed by atoms with Crippen molar-refractivity contribution < 1.29 is 4.79 Å². The first-order chi connectivity index (χ1) is 5.29. The smallest absolute Gasteiger partial charge is 0.151 e. The van der Waals surface area contributed by atoms with Crippen molar-refractivity contribution >= 4 is 17.9 Å². The van der Waals surface area contributed by atoms with Crippen molar-refractivity contribution in [1.29, 1.82) is 0 Å². The van der Waals surface area contributed by atoms with Crippen molar-refractivity contribution in [3.63, 3.8) is 0 Å². The molecule has 0 fully saturated rings. The maximum atomic E-state index is 10.5. The van der Waals surface area contributed by atoms with Gasteiger partial charge in [-0.25, -0.2) is 0 Å². The molecule has 1 radical (unpaired) electrons. The summed E-state index contributed by atoms with van der Waals surface area (Å²) in [4.78, 5) is 10.5. The minimum Gasteiger partial charge on any atom is -0.326 e. The van der Waals surface area contributed by atoms with E-state index in [9.17, 15) is 4.79 Å². The number of hydrogen-bond donors (Lipinski definition) is 1. The topological polar surface area (TPSA) is 43.1 Å². The summed E-state index contributed by atoms with van der Waals surface area (Å²) in [5, 5.41) is 0.406. The predicted octanol–water partition coefficient (Wildman–Crippen LogP) is 1.41. The molecule has 0 aromatic heterocycles. The van der Waals surface area contributed by atoms with Crippen molar-refractivity contribution in [3.8, 4) is 0 Å². The van der Waals surface area contributed by atoms with E-state index in [0.29, 0.717) is 23.4 Å². The summed E-state index contributed by atoms with van der Waals surface area (Å²) in [6.45, 7) is 0.311. The van der Waals surface area contributed by atoms with Gasteiger partial charge in [-0.05, 0) is 23.8 Å². The molecule has 0 aliphatic rings. The monoisotopic (exact) mass is 168 g/mol. The lowest BCUT2D eigenvalue weighted by Crippen LogP contribution is -2.00. The van der Waals surface area contributed by atoms with E-state index in [2.05, 4.69) is 6.07 Å². The minimum absolute atomic E-state index is 0.311. The summed E-state index contributed by atoms with van der Waals surface area (Å²) in [6.07, 6.45) is 0.707. The van der Waals surface area contributed by atoms with Crippen LogP contribution in [0.2, 0.25) is 5.02 Å². The Morgan fingerprint density at radius 1 is 1.64 bits per heavy atom. The second-order valence-electron chi connectivity index (χ2n) is 2.06. The Morgan fingerprint density at radius 2 is 2.36 bits per heavy atom. The Labute approximate surface area is 70.0 Å². The molecule has 0 heterocycles. The molecular formula is C8H7ClNO. The number of carbonyl (C=O) groups excluding carboxylic acids is 1. The van der Waals surface area contributed by atoms with E-state index in [1.165, 1.54) is 0 Å². The quantitative estimate of drug-likeness (QED) is 0.679. The minimum atomic E-state index is 0.311. The summed E-state index contributed by atoms with van der Waals surface area (Å²) in [6, 6.07) is 5.99. The number of nitrogens with two attached hydrogens (primary N) is 1. The zero-order valence-corrected chi connectivity index (χ0v) is 6.56. The van der Waals surface area contributed by atoms with Crippen LogP contribution in [0.1, 0.15) is 15.9 Å². The number of aldehydes is 1. The third-order valence-electron chi connectivity index (χ3n) is 1.41. The lowest BCUT2D eigenvalue weighted by atomic mass is 10.1. The van der Waals surface area contributed by atoms with Crippen molar-refractivity contribution in [2.45, 2.75) is 6.54 Å². The van der Waals surface area contributed by atoms with Gasteiger partial charge in [-0.1, -0.05) is 11.6 Å². The fourth-order valence-corrected chi connectivity index (χ4v) is 1.05. The second-order valence-corrected chi connectivity index (χ2v) is 2.47. The third kappa shape index (κ3) is 1.59. The lowest BCUT2D eigenvalue weighted by Gasteiger charge is -2.01. The highest BCUT2D eigenvalue weighted by molar-refractivity contribution is 6.33. The van der Waals surface area contributed by atoms with Gasteiger partial charge in [-0.3, -0.25) is 4.79 Å². The van der Waals surface area contributed by atoms with Gasteiger partial charge in [0.2, 0.25) is 0 Å². The largest absolute Gasteiger partial charge is 0.326 e. The van der Waals surface area contributed by atoms with Crippen LogP contribution >= 0.6 is 11.6 Å². The summed E-state index contributed by atoms with van der Waals surface area (Å²) in [5.74, 6) is 0. The van der Waals surface area contributed by atoms with Gasteiger partial charge in [0, 0.05) is 12.1 Å². The highest BCUT2D eigenvalue weighted by Gasteiger charge is 2.02. The number of carbonyl (C=O) groups is 1. The number of hydrogen-bond acceptors (Lipinski definition) is 2. The van der Waals surface area contributed by atoms with Gasteiger partial charge < -0.3 is 5.73 Å². The van der Waals surface area contributed by atoms with Crippen LogP contribution < -0.4 is 5.73 Å². The Balaban J connectivity index is 3.24. The summed E-state index contributed by atoms with van der Waals surface area (Å²) >= 11 is 5.69. The van der Waals surface area contributed by atoms with Gasteiger partial charge in [0.25, 0.3) is 0 Å². The Kier molecular flexibility index (Phi) is 2.63. The fraction of sp³-hybridized carbons (Fsp3) is 0.125. The van der Waals surface area contributed by atoms with Crippen LogP contribution in [0.3, 0.4) is 0 Å². The normalized spacial score (nSPS) is 9.64. The molecule has 11 heavy (non-hydrogen) atoms. The SMILES string of the molecule is NCc1c[c]cc(Cl)c1C=O. The summed E-state index contributed by atoms with van der Waals surface area (Å²) in [5.41, 5.74) is 6.55. The average Bonchev–Trinajstić information content (AvgIpc) is 2.04. The van der Waals surface area contributed by atoms with Crippen LogP contribution in [-0.4, -0.2) is 6.29 Å². The lowest BCUT2D eigenvalue weighted by molar-refractivity contribution is 0.112. The van der Waals surface area contributed by atoms with E-state index >= 15 is 0 Å². The van der Waals surface area contributed by atoms with Crippen LogP contribution in [0.5, 0.6) is 0 Å². The van der Waals surface area contributed by atoms with Gasteiger partial charge in [0.05, 0.1) is 5.02 Å². The molecule has 0 unspecified atom stereocenters. The molecule has 2 N–H and O–H groups in total. The van der Waals surface area contributed by atoms with Gasteiger partial charge in [-0.2, -0.15) is 0 Å². The Morgan fingerprint density at radius 3 is 2.82 bits per heavy atom. The van der Waals surface area contributed by atoms with Gasteiger partial charge in [0.1, 0.15) is 0 Å². The highest BCUT2D eigenvalue weighted by atomic mass is 35.5. The first-order valence-corrected chi connectivity index (χ1v) is 3.51. The molecule has 3 heteroatoms. The van der Waals surface area contributed by atoms with Gasteiger partial charge in [0.15, 0.2) is 6.29 Å². The van der Waals surface area contributed by atoms with Crippen LogP contribution in [0.25, 0.3) is 0 Å². The van der Waals surface area contributed by atoms with Gasteiger partial charge in [-0.15, -0.1) is 0 Å². The van der Waals surface area contributed by atoms with E-state index in [-0.39, 0.29) is 0 Å². The molecule has 1 rings (SSSR count). The van der Waals surface area contributed by atoms with Crippen molar-refractivity contribution in [3.05, 3.63) is 34.3 Å². The van der Waals surface area contributed by atoms with Crippen LogP contribution in [-0.2, 0) is 6.54 Å². The van der Waals surface area contributed by atoms with Crippen LogP contribution in [0.4, 0.5) is 0 Å². The molecule has 0 amide bonds. The molecule has 0 bridgehead atoms. The van der Waals surface area contributed by atoms with Crippen molar-refractivity contribution in [2.24, 2.45) is 5.73 Å². The summed E-state index contributed by atoms with van der Waals surface area (Å²) < 4.78 is 0. The zero-order valence-electron chi connectivity index (χ0n) is 5.80. The van der Waals surface area contributed by atoms with Crippen LogP contribution in [0.15, 0.2) is 12.1 Å². The fourth-order valence-electron chi connectivity index (χ4n) is 0.825. The molecule has 2 nitrogen and oxygen atoms in total. The molecule has 57 valence electrons. The Bertz CT molecular complexity index is 273. The van der Waals surface area contributed by atoms with E-state index in [0.717, 1.165) is 5.56 Å². The zero-order chi connectivity index (χ0) is 8.27. The number of halogens is 1.